The Morgan fingerprint density at radius 2 is 2.29 bits per heavy atom. The van der Waals surface area contributed by atoms with E-state index < -0.39 is 6.04 Å². The Morgan fingerprint density at radius 1 is 1.53 bits per heavy atom. The Labute approximate surface area is 97.1 Å². The molecule has 0 fully saturated rings. The van der Waals surface area contributed by atoms with Crippen molar-refractivity contribution in [1.29, 1.82) is 0 Å². The zero-order valence-electron chi connectivity index (χ0n) is 9.22. The number of aliphatic hydroxyl groups is 1. The van der Waals surface area contributed by atoms with E-state index in [0.717, 1.165) is 0 Å². The third-order valence-electron chi connectivity index (χ3n) is 2.38. The minimum atomic E-state index is -0.697. The van der Waals surface area contributed by atoms with Crippen LogP contribution in [0.1, 0.15) is 17.5 Å². The number of rotatable bonds is 3. The van der Waals surface area contributed by atoms with Gasteiger partial charge in [0.1, 0.15) is 11.9 Å². The van der Waals surface area contributed by atoms with E-state index in [2.05, 4.69) is 10.1 Å². The van der Waals surface area contributed by atoms with Gasteiger partial charge in [-0.1, -0.05) is 5.16 Å². The lowest BCUT2D eigenvalue weighted by Gasteiger charge is -2.00. The standard InChI is InChI=1S/C11H12FN3O2/c1-6-4-7(12)2-3-8(6)10-14-11(17-15-10)9(13)5-16/h2-4,9,16H,5,13H2,1H3/t9-/m0/s1. The summed E-state index contributed by atoms with van der Waals surface area (Å²) in [7, 11) is 0. The number of aryl methyl sites for hydroxylation is 1. The summed E-state index contributed by atoms with van der Waals surface area (Å²) in [5.74, 6) is 0.176. The molecule has 0 bridgehead atoms. The maximum atomic E-state index is 12.9. The van der Waals surface area contributed by atoms with Gasteiger partial charge in [0.05, 0.1) is 6.61 Å². The highest BCUT2D eigenvalue weighted by Gasteiger charge is 2.15. The second kappa shape index (κ2) is 4.60. The van der Waals surface area contributed by atoms with Gasteiger partial charge in [-0.25, -0.2) is 4.39 Å². The number of halogens is 1. The summed E-state index contributed by atoms with van der Waals surface area (Å²) in [5, 5.41) is 12.6. The van der Waals surface area contributed by atoms with E-state index in [1.807, 2.05) is 0 Å². The summed E-state index contributed by atoms with van der Waals surface area (Å²) in [4.78, 5) is 4.06. The normalized spacial score (nSPS) is 12.7. The van der Waals surface area contributed by atoms with Crippen LogP contribution < -0.4 is 5.73 Å². The molecule has 0 saturated carbocycles. The molecule has 1 aromatic carbocycles. The predicted octanol–water partition coefficient (Wildman–Crippen LogP) is 1.18. The van der Waals surface area contributed by atoms with Crippen molar-refractivity contribution in [2.24, 2.45) is 5.73 Å². The van der Waals surface area contributed by atoms with Gasteiger partial charge in [-0.2, -0.15) is 4.98 Å². The van der Waals surface area contributed by atoms with E-state index >= 15 is 0 Å². The van der Waals surface area contributed by atoms with Crippen molar-refractivity contribution in [1.82, 2.24) is 10.1 Å². The topological polar surface area (TPSA) is 85.2 Å². The van der Waals surface area contributed by atoms with Crippen LogP contribution >= 0.6 is 0 Å². The molecule has 1 heterocycles. The molecular formula is C11H12FN3O2. The molecule has 6 heteroatoms. The quantitative estimate of drug-likeness (QED) is 0.837. The van der Waals surface area contributed by atoms with Crippen LogP contribution in [0.15, 0.2) is 22.7 Å². The number of hydrogen-bond donors (Lipinski definition) is 2. The Balaban J connectivity index is 2.37. The number of nitrogens with two attached hydrogens (primary N) is 1. The summed E-state index contributed by atoms with van der Waals surface area (Å²) in [6.07, 6.45) is 0. The van der Waals surface area contributed by atoms with E-state index in [1.165, 1.54) is 12.1 Å². The van der Waals surface area contributed by atoms with E-state index in [9.17, 15) is 4.39 Å². The lowest BCUT2D eigenvalue weighted by molar-refractivity contribution is 0.237. The fourth-order valence-electron chi connectivity index (χ4n) is 1.45. The third kappa shape index (κ3) is 2.32. The molecule has 1 aromatic heterocycles. The molecule has 0 aliphatic carbocycles. The van der Waals surface area contributed by atoms with Crippen LogP contribution in [0.3, 0.4) is 0 Å². The van der Waals surface area contributed by atoms with Crippen molar-refractivity contribution in [3.8, 4) is 11.4 Å². The summed E-state index contributed by atoms with van der Waals surface area (Å²) < 4.78 is 17.9. The van der Waals surface area contributed by atoms with Gasteiger partial charge >= 0.3 is 0 Å². The Kier molecular flexibility index (Phi) is 3.16. The van der Waals surface area contributed by atoms with Crippen LogP contribution in [-0.2, 0) is 0 Å². The van der Waals surface area contributed by atoms with Crippen LogP contribution in [-0.4, -0.2) is 21.9 Å². The minimum absolute atomic E-state index is 0.159. The molecular weight excluding hydrogens is 225 g/mol. The lowest BCUT2D eigenvalue weighted by Crippen LogP contribution is -2.14. The van der Waals surface area contributed by atoms with E-state index in [4.69, 9.17) is 15.4 Å². The van der Waals surface area contributed by atoms with E-state index in [-0.39, 0.29) is 18.3 Å². The van der Waals surface area contributed by atoms with Gasteiger partial charge in [0.25, 0.3) is 0 Å². The first-order valence-corrected chi connectivity index (χ1v) is 5.08. The summed E-state index contributed by atoms with van der Waals surface area (Å²) in [6, 6.07) is 3.59. The van der Waals surface area contributed by atoms with Gasteiger partial charge < -0.3 is 15.4 Å². The van der Waals surface area contributed by atoms with Crippen molar-refractivity contribution in [2.45, 2.75) is 13.0 Å². The first-order valence-electron chi connectivity index (χ1n) is 5.08. The zero-order chi connectivity index (χ0) is 12.4. The minimum Gasteiger partial charge on any atom is -0.394 e. The SMILES string of the molecule is Cc1cc(F)ccc1-c1noc([C@@H](N)CO)n1. The van der Waals surface area contributed by atoms with Crippen molar-refractivity contribution in [3.05, 3.63) is 35.5 Å². The molecule has 17 heavy (non-hydrogen) atoms. The van der Waals surface area contributed by atoms with Gasteiger partial charge in [-0.3, -0.25) is 0 Å². The summed E-state index contributed by atoms with van der Waals surface area (Å²) in [5.41, 5.74) is 6.92. The van der Waals surface area contributed by atoms with Crippen LogP contribution in [0.4, 0.5) is 4.39 Å². The first-order chi connectivity index (χ1) is 8.11. The number of nitrogens with zero attached hydrogens (tertiary/aromatic N) is 2. The van der Waals surface area contributed by atoms with Gasteiger partial charge in [0.15, 0.2) is 0 Å². The second-order valence-corrected chi connectivity index (χ2v) is 3.70. The average molecular weight is 237 g/mol. The Morgan fingerprint density at radius 3 is 2.94 bits per heavy atom. The predicted molar refractivity (Wildman–Crippen MR) is 58.4 cm³/mol. The van der Waals surface area contributed by atoms with Crippen LogP contribution in [0.5, 0.6) is 0 Å². The Hall–Kier alpha value is -1.79. The van der Waals surface area contributed by atoms with Crippen molar-refractivity contribution >= 4 is 0 Å². The molecule has 0 amide bonds. The molecule has 0 radical (unpaired) electrons. The first kappa shape index (κ1) is 11.7. The monoisotopic (exact) mass is 237 g/mol. The van der Waals surface area contributed by atoms with Crippen LogP contribution in [0.2, 0.25) is 0 Å². The molecule has 0 spiro atoms. The van der Waals surface area contributed by atoms with E-state index in [0.29, 0.717) is 17.0 Å². The van der Waals surface area contributed by atoms with Crippen molar-refractivity contribution in [3.63, 3.8) is 0 Å². The van der Waals surface area contributed by atoms with Crippen molar-refractivity contribution in [2.75, 3.05) is 6.61 Å². The second-order valence-electron chi connectivity index (χ2n) is 3.70. The molecule has 0 unspecified atom stereocenters. The number of aliphatic hydroxyl groups excluding tert-OH is 1. The van der Waals surface area contributed by atoms with Gasteiger partial charge in [0, 0.05) is 5.56 Å². The summed E-state index contributed by atoms with van der Waals surface area (Å²) >= 11 is 0. The van der Waals surface area contributed by atoms with Gasteiger partial charge in [0.2, 0.25) is 11.7 Å². The maximum Gasteiger partial charge on any atom is 0.246 e. The smallest absolute Gasteiger partial charge is 0.246 e. The third-order valence-corrected chi connectivity index (χ3v) is 2.38. The highest BCUT2D eigenvalue weighted by Crippen LogP contribution is 2.22. The molecule has 1 atom stereocenters. The average Bonchev–Trinajstić information content (AvgIpc) is 2.77. The molecule has 0 aliphatic heterocycles. The largest absolute Gasteiger partial charge is 0.394 e. The molecule has 2 aromatic rings. The van der Waals surface area contributed by atoms with Crippen LogP contribution in [0, 0.1) is 12.7 Å². The molecule has 3 N–H and O–H groups in total. The molecule has 90 valence electrons. The fraction of sp³-hybridized carbons (Fsp3) is 0.273. The zero-order valence-corrected chi connectivity index (χ0v) is 9.22. The molecule has 2 rings (SSSR count). The van der Waals surface area contributed by atoms with E-state index in [1.54, 1.807) is 13.0 Å². The van der Waals surface area contributed by atoms with Crippen molar-refractivity contribution < 1.29 is 14.0 Å². The molecule has 0 saturated heterocycles. The number of aromatic nitrogens is 2. The highest BCUT2D eigenvalue weighted by atomic mass is 19.1. The van der Waals surface area contributed by atoms with Crippen LogP contribution in [0.25, 0.3) is 11.4 Å². The Bertz CT molecular complexity index is 527. The lowest BCUT2D eigenvalue weighted by atomic mass is 10.1. The van der Waals surface area contributed by atoms with Gasteiger partial charge in [-0.15, -0.1) is 0 Å². The molecule has 0 aliphatic rings. The fourth-order valence-corrected chi connectivity index (χ4v) is 1.45. The number of benzene rings is 1. The maximum absolute atomic E-state index is 12.9. The highest BCUT2D eigenvalue weighted by molar-refractivity contribution is 5.59. The van der Waals surface area contributed by atoms with Gasteiger partial charge in [-0.05, 0) is 30.7 Å². The number of hydrogen-bond acceptors (Lipinski definition) is 5. The summed E-state index contributed by atoms with van der Waals surface area (Å²) in [6.45, 7) is 1.48. The molecule has 5 nitrogen and oxygen atoms in total.